The molecule has 0 saturated heterocycles. The number of Topliss-reactive ketones (excluding diaryl/α,β-unsaturated/α-hetero) is 1. The van der Waals surface area contributed by atoms with Crippen molar-refractivity contribution in [3.8, 4) is 5.75 Å². The number of fused-ring (bicyclic) bond motifs is 1. The number of ether oxygens (including phenoxy) is 1. The Hall–Kier alpha value is -3.36. The molecule has 0 spiro atoms. The predicted octanol–water partition coefficient (Wildman–Crippen LogP) is 3.66. The number of nitrogens with zero attached hydrogens (tertiary/aromatic N) is 1. The minimum absolute atomic E-state index is 0.125. The summed E-state index contributed by atoms with van der Waals surface area (Å²) in [5, 5.41) is 2.46. The van der Waals surface area contributed by atoms with Crippen LogP contribution in [-0.2, 0) is 15.8 Å². The second kappa shape index (κ2) is 7.94. The van der Waals surface area contributed by atoms with Crippen LogP contribution in [0.25, 0.3) is 0 Å². The number of amides is 2. The summed E-state index contributed by atoms with van der Waals surface area (Å²) >= 11 is 0. The summed E-state index contributed by atoms with van der Waals surface area (Å²) in [6, 6.07) is 8.61. The van der Waals surface area contributed by atoms with Crippen molar-refractivity contribution < 1.29 is 32.3 Å². The van der Waals surface area contributed by atoms with Gasteiger partial charge in [-0.15, -0.1) is 0 Å². The molecule has 6 nitrogen and oxygen atoms in total. The minimum Gasteiger partial charge on any atom is -0.482 e. The van der Waals surface area contributed by atoms with E-state index in [2.05, 4.69) is 5.32 Å². The van der Waals surface area contributed by atoms with Crippen LogP contribution < -0.4 is 15.0 Å². The maximum absolute atomic E-state index is 12.6. The first-order chi connectivity index (χ1) is 13.7. The number of benzene rings is 2. The first kappa shape index (κ1) is 20.4. The summed E-state index contributed by atoms with van der Waals surface area (Å²) in [6.45, 7) is 1.07. The molecule has 1 heterocycles. The summed E-state index contributed by atoms with van der Waals surface area (Å²) in [6.07, 6.45) is -4.19. The van der Waals surface area contributed by atoms with Crippen molar-refractivity contribution in [2.45, 2.75) is 19.5 Å². The number of ketones is 1. The average molecular weight is 406 g/mol. The van der Waals surface area contributed by atoms with Gasteiger partial charge >= 0.3 is 6.18 Å². The fraction of sp³-hybridized carbons (Fsp3) is 0.250. The molecule has 9 heteroatoms. The molecule has 0 aliphatic carbocycles. The first-order valence-corrected chi connectivity index (χ1v) is 8.76. The monoisotopic (exact) mass is 406 g/mol. The van der Waals surface area contributed by atoms with E-state index in [9.17, 15) is 27.6 Å². The Morgan fingerprint density at radius 1 is 1.14 bits per heavy atom. The normalized spacial score (nSPS) is 13.5. The van der Waals surface area contributed by atoms with Gasteiger partial charge in [0, 0.05) is 17.7 Å². The van der Waals surface area contributed by atoms with Gasteiger partial charge in [-0.2, -0.15) is 13.2 Å². The summed E-state index contributed by atoms with van der Waals surface area (Å²) in [4.78, 5) is 37.7. The van der Waals surface area contributed by atoms with Crippen LogP contribution in [0.5, 0.6) is 5.75 Å². The molecule has 29 heavy (non-hydrogen) atoms. The Balaban J connectivity index is 1.76. The van der Waals surface area contributed by atoms with Gasteiger partial charge in [-0.3, -0.25) is 19.3 Å². The van der Waals surface area contributed by atoms with Gasteiger partial charge in [0.25, 0.3) is 5.91 Å². The van der Waals surface area contributed by atoms with E-state index in [0.717, 1.165) is 24.3 Å². The number of halogens is 3. The Bertz CT molecular complexity index is 955. The predicted molar refractivity (Wildman–Crippen MR) is 99.0 cm³/mol. The van der Waals surface area contributed by atoms with E-state index in [1.54, 1.807) is 19.1 Å². The van der Waals surface area contributed by atoms with Crippen LogP contribution in [0.4, 0.5) is 24.5 Å². The highest BCUT2D eigenvalue weighted by atomic mass is 19.4. The highest BCUT2D eigenvalue weighted by Gasteiger charge is 2.30. The third kappa shape index (κ3) is 4.56. The Kier molecular flexibility index (Phi) is 5.58. The number of nitrogens with one attached hydrogen (secondary N) is 1. The molecule has 0 unspecified atom stereocenters. The van der Waals surface area contributed by atoms with Crippen LogP contribution >= 0.6 is 0 Å². The molecule has 2 aromatic carbocycles. The number of carbonyl (C=O) groups is 3. The molecule has 152 valence electrons. The summed E-state index contributed by atoms with van der Waals surface area (Å²) < 4.78 is 43.2. The molecule has 2 amide bonds. The Morgan fingerprint density at radius 2 is 1.83 bits per heavy atom. The Labute approximate surface area is 164 Å². The molecule has 0 saturated carbocycles. The lowest BCUT2D eigenvalue weighted by Gasteiger charge is -2.29. The van der Waals surface area contributed by atoms with Crippen molar-refractivity contribution in [3.63, 3.8) is 0 Å². The first-order valence-electron chi connectivity index (χ1n) is 8.76. The summed E-state index contributed by atoms with van der Waals surface area (Å²) in [5.74, 6) is -0.834. The number of carbonyl (C=O) groups excluding carboxylic acids is 3. The molecule has 3 rings (SSSR count). The van der Waals surface area contributed by atoms with E-state index in [1.807, 2.05) is 0 Å². The van der Waals surface area contributed by atoms with E-state index >= 15 is 0 Å². The van der Waals surface area contributed by atoms with Crippen LogP contribution in [0.15, 0.2) is 42.5 Å². The summed E-state index contributed by atoms with van der Waals surface area (Å²) in [5.41, 5.74) is 0.0144. The van der Waals surface area contributed by atoms with E-state index in [4.69, 9.17) is 4.74 Å². The van der Waals surface area contributed by atoms with Gasteiger partial charge in [0.1, 0.15) is 12.3 Å². The van der Waals surface area contributed by atoms with Gasteiger partial charge in [0.05, 0.1) is 11.3 Å². The number of hydrogen-bond donors (Lipinski definition) is 1. The quantitative estimate of drug-likeness (QED) is 0.769. The zero-order chi connectivity index (χ0) is 21.2. The maximum Gasteiger partial charge on any atom is 0.416 e. The third-order valence-electron chi connectivity index (χ3n) is 4.34. The number of anilines is 2. The minimum atomic E-state index is -4.47. The van der Waals surface area contributed by atoms with Gasteiger partial charge in [0.2, 0.25) is 5.91 Å². The van der Waals surface area contributed by atoms with Crippen molar-refractivity contribution in [2.75, 3.05) is 23.4 Å². The topological polar surface area (TPSA) is 75.7 Å². The molecular weight excluding hydrogens is 389 g/mol. The Morgan fingerprint density at radius 3 is 2.45 bits per heavy atom. The van der Waals surface area contributed by atoms with Gasteiger partial charge in [-0.05, 0) is 42.5 Å². The highest BCUT2D eigenvalue weighted by Crippen LogP contribution is 2.33. The van der Waals surface area contributed by atoms with Crippen molar-refractivity contribution in [1.29, 1.82) is 0 Å². The average Bonchev–Trinajstić information content (AvgIpc) is 2.69. The maximum atomic E-state index is 12.6. The third-order valence-corrected chi connectivity index (χ3v) is 4.34. The molecular formula is C20H17F3N2O4. The zero-order valence-corrected chi connectivity index (χ0v) is 15.4. The van der Waals surface area contributed by atoms with E-state index in [-0.39, 0.29) is 31.0 Å². The second-order valence-corrected chi connectivity index (χ2v) is 6.35. The molecule has 0 radical (unpaired) electrons. The smallest absolute Gasteiger partial charge is 0.416 e. The summed E-state index contributed by atoms with van der Waals surface area (Å²) in [7, 11) is 0. The molecule has 0 bridgehead atoms. The van der Waals surface area contributed by atoms with E-state index < -0.39 is 23.6 Å². The molecule has 1 aliphatic rings. The number of hydrogen-bond acceptors (Lipinski definition) is 4. The van der Waals surface area contributed by atoms with Crippen molar-refractivity contribution in [2.24, 2.45) is 0 Å². The van der Waals surface area contributed by atoms with Crippen molar-refractivity contribution in [1.82, 2.24) is 0 Å². The molecule has 0 fully saturated rings. The number of rotatable bonds is 5. The van der Waals surface area contributed by atoms with Crippen molar-refractivity contribution >= 4 is 29.0 Å². The lowest BCUT2D eigenvalue weighted by Crippen LogP contribution is -2.43. The zero-order valence-electron chi connectivity index (χ0n) is 15.4. The molecule has 1 aliphatic heterocycles. The van der Waals surface area contributed by atoms with Crippen LogP contribution in [0.3, 0.4) is 0 Å². The van der Waals surface area contributed by atoms with E-state index in [0.29, 0.717) is 17.0 Å². The standard InChI is InChI=1S/C20H17F3N2O4/c1-2-16(26)12-3-8-17-15(9-12)25(19(28)11-29-17)10-18(27)24-14-6-4-13(5-7-14)20(21,22)23/h3-9H,2,10-11H2,1H3,(H,24,27). The van der Waals surface area contributed by atoms with Gasteiger partial charge in [0.15, 0.2) is 12.4 Å². The molecule has 1 N–H and O–H groups in total. The van der Waals surface area contributed by atoms with Crippen LogP contribution in [-0.4, -0.2) is 30.7 Å². The van der Waals surface area contributed by atoms with Gasteiger partial charge in [-0.25, -0.2) is 0 Å². The second-order valence-electron chi connectivity index (χ2n) is 6.35. The van der Waals surface area contributed by atoms with Crippen molar-refractivity contribution in [3.05, 3.63) is 53.6 Å². The van der Waals surface area contributed by atoms with E-state index in [1.165, 1.54) is 11.0 Å². The molecule has 0 atom stereocenters. The van der Waals surface area contributed by atoms with Crippen LogP contribution in [0.1, 0.15) is 29.3 Å². The lowest BCUT2D eigenvalue weighted by atomic mass is 10.1. The van der Waals surface area contributed by atoms with Gasteiger partial charge < -0.3 is 10.1 Å². The fourth-order valence-electron chi connectivity index (χ4n) is 2.84. The van der Waals surface area contributed by atoms with Crippen LogP contribution in [0.2, 0.25) is 0 Å². The van der Waals surface area contributed by atoms with Crippen LogP contribution in [0, 0.1) is 0 Å². The molecule has 2 aromatic rings. The largest absolute Gasteiger partial charge is 0.482 e. The highest BCUT2D eigenvalue weighted by molar-refractivity contribution is 6.06. The number of alkyl halides is 3. The lowest BCUT2D eigenvalue weighted by molar-refractivity contribution is -0.137. The van der Waals surface area contributed by atoms with Gasteiger partial charge in [-0.1, -0.05) is 6.92 Å². The SMILES string of the molecule is CCC(=O)c1ccc2c(c1)N(CC(=O)Nc1ccc(C(F)(F)F)cc1)C(=O)CO2. The fourth-order valence-corrected chi connectivity index (χ4v) is 2.84. The molecule has 0 aromatic heterocycles.